The number of amides is 4. The second-order valence-electron chi connectivity index (χ2n) is 29.4. The third kappa shape index (κ3) is 26.1. The first-order chi connectivity index (χ1) is 59.5. The number of nitrogens with one attached hydrogen (secondary N) is 8. The fourth-order valence-electron chi connectivity index (χ4n) is 14.3. The maximum atomic E-state index is 12.5. The number of aryl methyl sites for hydroxylation is 7. The number of sulfonamides is 4. The van der Waals surface area contributed by atoms with Gasteiger partial charge in [-0.15, -0.1) is 0 Å². The lowest BCUT2D eigenvalue weighted by molar-refractivity contribution is 0.0967. The van der Waals surface area contributed by atoms with Crippen LogP contribution in [0.25, 0.3) is 43.6 Å². The van der Waals surface area contributed by atoms with Crippen LogP contribution < -0.4 is 47.3 Å². The smallest absolute Gasteiger partial charge is 0.281 e. The van der Waals surface area contributed by atoms with Gasteiger partial charge in [0.05, 0.1) is 51.5 Å². The van der Waals surface area contributed by atoms with Gasteiger partial charge in [0, 0.05) is 54.7 Å². The van der Waals surface area contributed by atoms with Crippen molar-refractivity contribution in [2.24, 2.45) is 0 Å². The minimum Gasteiger partial charge on any atom is -0.494 e. The molecule has 0 saturated carbocycles. The summed E-state index contributed by atoms with van der Waals surface area (Å²) >= 11 is 6.13. The minimum absolute atomic E-state index is 0.250. The molecule has 4 aromatic heterocycles. The Bertz CT molecular complexity index is 6460. The molecule has 15 rings (SSSR count). The van der Waals surface area contributed by atoms with Gasteiger partial charge in [0.15, 0.2) is 0 Å². The zero-order valence-electron chi connectivity index (χ0n) is 68.8. The van der Waals surface area contributed by atoms with E-state index in [0.717, 1.165) is 144 Å². The Morgan fingerprint density at radius 1 is 0.323 bits per heavy atom. The fourth-order valence-corrected chi connectivity index (χ4v) is 16.3. The van der Waals surface area contributed by atoms with Gasteiger partial charge in [-0.2, -0.15) is 0 Å². The number of ether oxygens (including phenoxy) is 6. The zero-order chi connectivity index (χ0) is 88.0. The van der Waals surface area contributed by atoms with Crippen molar-refractivity contribution in [2.45, 2.75) is 84.0 Å². The van der Waals surface area contributed by atoms with Crippen LogP contribution >= 0.6 is 11.6 Å². The molecule has 1 aliphatic rings. The number of hydrogen-bond acceptors (Lipinski definition) is 18. The van der Waals surface area contributed by atoms with E-state index in [9.17, 15) is 52.8 Å². The predicted octanol–water partition coefficient (Wildman–Crippen LogP) is 16.8. The van der Waals surface area contributed by atoms with Gasteiger partial charge < -0.3 is 48.4 Å². The number of aromatic nitrogens is 4. The van der Waals surface area contributed by atoms with Crippen LogP contribution in [-0.2, 0) is 85.0 Å². The van der Waals surface area contributed by atoms with Crippen molar-refractivity contribution in [2.75, 3.05) is 51.5 Å². The quantitative estimate of drug-likeness (QED) is 0.0177. The summed E-state index contributed by atoms with van der Waals surface area (Å²) in [5, 5.41) is 4.31. The van der Waals surface area contributed by atoms with Gasteiger partial charge in [0.1, 0.15) is 68.8 Å². The van der Waals surface area contributed by atoms with Gasteiger partial charge >= 0.3 is 0 Å². The lowest BCUT2D eigenvalue weighted by Crippen LogP contribution is -2.30. The number of carbonyl (C=O) groups excluding carboxylic acids is 4. The molecule has 14 aromatic rings. The van der Waals surface area contributed by atoms with Crippen LogP contribution in [0.5, 0.6) is 46.0 Å². The maximum Gasteiger partial charge on any atom is 0.281 e. The molecular weight excluding hydrogens is 1680 g/mol. The first kappa shape index (κ1) is 90.4. The van der Waals surface area contributed by atoms with Crippen molar-refractivity contribution >= 4 is 119 Å². The van der Waals surface area contributed by atoms with Crippen molar-refractivity contribution in [1.29, 1.82) is 0 Å². The van der Waals surface area contributed by atoms with Crippen LogP contribution in [0.4, 0.5) is 0 Å². The molecule has 0 unspecified atom stereocenters. The summed E-state index contributed by atoms with van der Waals surface area (Å²) in [4.78, 5) is 62.1. The first-order valence-electron chi connectivity index (χ1n) is 40.0. The number of rotatable bonds is 33. The van der Waals surface area contributed by atoms with Gasteiger partial charge in [-0.3, -0.25) is 19.2 Å². The lowest BCUT2D eigenvalue weighted by atomic mass is 10.1. The molecule has 26 nitrogen and oxygen atoms in total. The average Bonchev–Trinajstić information content (AvgIpc) is 1.65. The largest absolute Gasteiger partial charge is 0.494 e. The molecule has 10 aromatic carbocycles. The van der Waals surface area contributed by atoms with E-state index in [2.05, 4.69) is 32.1 Å². The monoisotopic (exact) mass is 1770 g/mol. The number of hydrogen-bond donors (Lipinski definition) is 8. The Kier molecular flexibility index (Phi) is 30.5. The number of halogens is 1. The Morgan fingerprint density at radius 2 is 0.613 bits per heavy atom. The van der Waals surface area contributed by atoms with E-state index in [1.165, 1.54) is 17.5 Å². The summed E-state index contributed by atoms with van der Waals surface area (Å²) in [7, 11) is -14.6. The molecule has 0 saturated heterocycles. The molecular formula is C93H95ClN8O18S4. The summed E-state index contributed by atoms with van der Waals surface area (Å²) in [6, 6.07) is 75.8. The van der Waals surface area contributed by atoms with Crippen LogP contribution in [0.2, 0.25) is 5.02 Å². The third-order valence-corrected chi connectivity index (χ3v) is 22.3. The van der Waals surface area contributed by atoms with E-state index in [-0.39, 0.29) is 22.8 Å². The minimum atomic E-state index is -3.67. The summed E-state index contributed by atoms with van der Waals surface area (Å²) < 4.78 is 135. The predicted molar refractivity (Wildman–Crippen MR) is 483 cm³/mol. The van der Waals surface area contributed by atoms with Crippen molar-refractivity contribution < 1.29 is 81.3 Å². The fraction of sp³-hybridized carbons (Fsp3) is 0.226. The van der Waals surface area contributed by atoms with Gasteiger partial charge in [0.25, 0.3) is 23.6 Å². The molecule has 0 atom stereocenters. The molecule has 0 bridgehead atoms. The number of carbonyl (C=O) groups is 4. The van der Waals surface area contributed by atoms with E-state index >= 15 is 0 Å². The summed E-state index contributed by atoms with van der Waals surface area (Å²) in [5.41, 5.74) is 11.1. The van der Waals surface area contributed by atoms with E-state index in [0.29, 0.717) is 101 Å². The maximum absolute atomic E-state index is 12.5. The number of aromatic amines is 4. The second kappa shape index (κ2) is 41.8. The van der Waals surface area contributed by atoms with E-state index < -0.39 is 63.7 Å². The summed E-state index contributed by atoms with van der Waals surface area (Å²) in [6.07, 6.45) is 13.0. The van der Waals surface area contributed by atoms with Crippen molar-refractivity contribution in [1.82, 2.24) is 38.8 Å². The molecule has 646 valence electrons. The molecule has 0 radical (unpaired) electrons. The van der Waals surface area contributed by atoms with Crippen molar-refractivity contribution in [3.63, 3.8) is 0 Å². The Balaban J connectivity index is 0.000000151. The Morgan fingerprint density at radius 3 is 0.992 bits per heavy atom. The lowest BCUT2D eigenvalue weighted by Gasteiger charge is -2.10. The van der Waals surface area contributed by atoms with Gasteiger partial charge in [-0.25, -0.2) is 52.6 Å². The van der Waals surface area contributed by atoms with Gasteiger partial charge in [-0.05, 0) is 231 Å². The van der Waals surface area contributed by atoms with Crippen LogP contribution in [-0.4, -0.2) is 129 Å². The highest BCUT2D eigenvalue weighted by molar-refractivity contribution is 7.90. The van der Waals surface area contributed by atoms with E-state index in [4.69, 9.17) is 40.0 Å². The summed E-state index contributed by atoms with van der Waals surface area (Å²) in [5.74, 6) is 3.28. The van der Waals surface area contributed by atoms with Gasteiger partial charge in [0.2, 0.25) is 40.1 Å². The van der Waals surface area contributed by atoms with Crippen LogP contribution in [0, 0.1) is 0 Å². The zero-order valence-corrected chi connectivity index (χ0v) is 72.8. The molecule has 1 aliphatic carbocycles. The normalized spacial score (nSPS) is 11.9. The molecule has 0 fully saturated rings. The van der Waals surface area contributed by atoms with Crippen LogP contribution in [0.3, 0.4) is 0 Å². The highest BCUT2D eigenvalue weighted by atomic mass is 35.5. The van der Waals surface area contributed by atoms with E-state index in [1.54, 1.807) is 0 Å². The number of H-pyrrole nitrogens is 4. The van der Waals surface area contributed by atoms with Crippen molar-refractivity contribution in [3.05, 3.63) is 309 Å². The number of para-hydroxylation sites is 6. The van der Waals surface area contributed by atoms with E-state index in [1.807, 2.05) is 256 Å². The molecule has 0 aliphatic heterocycles. The average molecular weight is 1780 g/mol. The standard InChI is InChI=1S/2C25H24N2O5S.C22H24N2O4S.C21H23ClN2O4S/c1-33(29,30)27-25(28)24-22(21-13-5-6-15-23(21)26-24)14-8-16-31-19-11-7-12-20(17-19)32-18-9-3-2-4-10-18;1-33(29,30)27-25(28)24-22(21-10-5-6-12-23(21)26-24)11-7-17-31-18-13-15-20(16-14-18)32-19-8-3-2-4-9-19;1-29(26,27)24-22(25)21-19(18-8-2-3-10-20(18)23-21)9-5-13-28-17-12-11-15-6-4-7-16(15)14-17;1-3-14-13-15(10-11-18(14)22)28-12-6-8-17-16-7-4-5-9-19(16)23-20(17)21(25)24-29(2,26)27/h2-7,9-13,15,17,26H,8,14,16H2,1H3,(H,27,28);2-6,8-10,12-16,26H,7,11,17H2,1H3,(H,27,28);2-3,8,10-12,14,23H,4-7,9,13H2,1H3,(H,24,25);4-5,7,9-11,13,23H,3,6,8,12H2,1-2H3,(H,24,25). The van der Waals surface area contributed by atoms with Crippen LogP contribution in [0.15, 0.2) is 243 Å². The first-order valence-corrected chi connectivity index (χ1v) is 48.0. The molecule has 0 spiro atoms. The second-order valence-corrected chi connectivity index (χ2v) is 36.8. The molecule has 8 N–H and O–H groups in total. The molecule has 124 heavy (non-hydrogen) atoms. The highest BCUT2D eigenvalue weighted by Gasteiger charge is 2.25. The molecule has 4 amide bonds. The summed E-state index contributed by atoms with van der Waals surface area (Å²) in [6.45, 7) is 3.86. The Hall–Kier alpha value is -12.9. The van der Waals surface area contributed by atoms with Crippen LogP contribution in [0.1, 0.15) is 120 Å². The molecule has 31 heteroatoms. The topological polar surface area (TPSA) is 371 Å². The Labute approximate surface area is 725 Å². The van der Waals surface area contributed by atoms with Crippen molar-refractivity contribution in [3.8, 4) is 46.0 Å². The van der Waals surface area contributed by atoms with Gasteiger partial charge in [-0.1, -0.05) is 140 Å². The third-order valence-electron chi connectivity index (χ3n) is 19.7. The number of benzene rings is 10. The highest BCUT2D eigenvalue weighted by Crippen LogP contribution is 2.33. The number of fused-ring (bicyclic) bond motifs is 5. The molecule has 4 heterocycles. The SMILES string of the molecule is CCc1cc(OCCCc2c(C(=O)NS(C)(=O)=O)[nH]c3ccccc23)ccc1Cl.CS(=O)(=O)NC(=O)c1[nH]c2ccccc2c1CCCOc1ccc(Oc2ccccc2)cc1.CS(=O)(=O)NC(=O)c1[nH]c2ccccc2c1CCCOc1ccc2c(c1)CCC2.CS(=O)(=O)NC(=O)c1[nH]c2ccccc2c1CCCOc1cccc(Oc2ccccc2)c1.